The first-order valence-electron chi connectivity index (χ1n) is 10.4. The predicted molar refractivity (Wildman–Crippen MR) is 115 cm³/mol. The summed E-state index contributed by atoms with van der Waals surface area (Å²) < 4.78 is 11.7. The number of amides is 1. The highest BCUT2D eigenvalue weighted by Crippen LogP contribution is 2.25. The van der Waals surface area contributed by atoms with Gasteiger partial charge in [0.15, 0.2) is 0 Å². The molecule has 1 saturated heterocycles. The zero-order valence-corrected chi connectivity index (χ0v) is 17.7. The van der Waals surface area contributed by atoms with Crippen molar-refractivity contribution >= 4 is 5.91 Å². The summed E-state index contributed by atoms with van der Waals surface area (Å²) in [6.45, 7) is 6.31. The fraction of sp³-hybridized carbons (Fsp3) is 0.417. The van der Waals surface area contributed by atoms with E-state index in [4.69, 9.17) is 14.7 Å². The standard InChI is InChI=1S/C24H29N3O3/c1-3-24(28)27-13-11-26(12-14-27)17-23(21-5-4-6-22(15-21)29-2)30-18-20-9-7-19(16-25)8-10-20/h4-10,15,23H,3,11-14,17-18H2,1-2H3. The molecule has 1 atom stereocenters. The van der Waals surface area contributed by atoms with Gasteiger partial charge in [-0.15, -0.1) is 0 Å². The molecule has 6 nitrogen and oxygen atoms in total. The van der Waals surface area contributed by atoms with Gasteiger partial charge in [0, 0.05) is 39.1 Å². The number of carbonyl (C=O) groups is 1. The SMILES string of the molecule is CCC(=O)N1CCN(CC(OCc2ccc(C#N)cc2)c2cccc(OC)c2)CC1. The van der Waals surface area contributed by atoms with Gasteiger partial charge < -0.3 is 14.4 Å². The van der Waals surface area contributed by atoms with Crippen molar-refractivity contribution in [3.8, 4) is 11.8 Å². The second-order valence-corrected chi connectivity index (χ2v) is 7.42. The van der Waals surface area contributed by atoms with Crippen molar-refractivity contribution in [1.82, 2.24) is 9.80 Å². The Morgan fingerprint density at radius 1 is 1.13 bits per heavy atom. The molecule has 1 heterocycles. The summed E-state index contributed by atoms with van der Waals surface area (Å²) in [5.74, 6) is 1.02. The topological polar surface area (TPSA) is 65.8 Å². The van der Waals surface area contributed by atoms with Crippen LogP contribution in [-0.4, -0.2) is 55.5 Å². The summed E-state index contributed by atoms with van der Waals surface area (Å²) >= 11 is 0. The molecule has 3 rings (SSSR count). The molecule has 158 valence electrons. The molecule has 6 heteroatoms. The molecule has 1 fully saturated rings. The van der Waals surface area contributed by atoms with E-state index in [-0.39, 0.29) is 12.0 Å². The lowest BCUT2D eigenvalue weighted by Gasteiger charge is -2.36. The summed E-state index contributed by atoms with van der Waals surface area (Å²) in [7, 11) is 1.66. The van der Waals surface area contributed by atoms with E-state index >= 15 is 0 Å². The van der Waals surface area contributed by atoms with E-state index in [1.54, 1.807) is 7.11 Å². The lowest BCUT2D eigenvalue weighted by molar-refractivity contribution is -0.132. The molecule has 2 aromatic carbocycles. The molecular formula is C24H29N3O3. The van der Waals surface area contributed by atoms with Gasteiger partial charge in [0.05, 0.1) is 31.5 Å². The van der Waals surface area contributed by atoms with Crippen molar-refractivity contribution in [1.29, 1.82) is 5.26 Å². The maximum Gasteiger partial charge on any atom is 0.222 e. The average Bonchev–Trinajstić information content (AvgIpc) is 2.82. The Morgan fingerprint density at radius 3 is 2.50 bits per heavy atom. The monoisotopic (exact) mass is 407 g/mol. The second kappa shape index (κ2) is 10.8. The predicted octanol–water partition coefficient (Wildman–Crippen LogP) is 3.38. The highest BCUT2D eigenvalue weighted by atomic mass is 16.5. The minimum Gasteiger partial charge on any atom is -0.497 e. The van der Waals surface area contributed by atoms with Crippen molar-refractivity contribution in [2.45, 2.75) is 26.1 Å². The van der Waals surface area contributed by atoms with Gasteiger partial charge in [-0.2, -0.15) is 5.26 Å². The first-order valence-corrected chi connectivity index (χ1v) is 10.4. The number of rotatable bonds is 8. The van der Waals surface area contributed by atoms with E-state index < -0.39 is 0 Å². The number of ether oxygens (including phenoxy) is 2. The van der Waals surface area contributed by atoms with Crippen LogP contribution in [0, 0.1) is 11.3 Å². The minimum absolute atomic E-state index is 0.121. The van der Waals surface area contributed by atoms with Crippen LogP contribution in [0.5, 0.6) is 5.75 Å². The molecule has 0 radical (unpaired) electrons. The molecule has 0 aromatic heterocycles. The summed E-state index contributed by atoms with van der Waals surface area (Å²) in [6.07, 6.45) is 0.435. The largest absolute Gasteiger partial charge is 0.497 e. The van der Waals surface area contributed by atoms with E-state index in [0.717, 1.165) is 49.6 Å². The van der Waals surface area contributed by atoms with E-state index in [9.17, 15) is 4.79 Å². The Labute approximate surface area is 178 Å². The van der Waals surface area contributed by atoms with Crippen LogP contribution in [0.2, 0.25) is 0 Å². The maximum absolute atomic E-state index is 11.9. The first kappa shape index (κ1) is 21.8. The summed E-state index contributed by atoms with van der Waals surface area (Å²) in [4.78, 5) is 16.2. The van der Waals surface area contributed by atoms with E-state index in [2.05, 4.69) is 17.0 Å². The number of nitriles is 1. The van der Waals surface area contributed by atoms with Gasteiger partial charge in [0.2, 0.25) is 5.91 Å². The fourth-order valence-electron chi connectivity index (χ4n) is 3.61. The van der Waals surface area contributed by atoms with Gasteiger partial charge in [-0.25, -0.2) is 0 Å². The Morgan fingerprint density at radius 2 is 1.87 bits per heavy atom. The van der Waals surface area contributed by atoms with Gasteiger partial charge in [-0.3, -0.25) is 9.69 Å². The molecule has 1 aliphatic rings. The van der Waals surface area contributed by atoms with Gasteiger partial charge >= 0.3 is 0 Å². The van der Waals surface area contributed by atoms with E-state index in [1.807, 2.05) is 54.3 Å². The molecule has 0 aliphatic carbocycles. The minimum atomic E-state index is -0.121. The Balaban J connectivity index is 1.68. The Hall–Kier alpha value is -2.88. The Kier molecular flexibility index (Phi) is 7.83. The lowest BCUT2D eigenvalue weighted by Crippen LogP contribution is -2.49. The molecule has 30 heavy (non-hydrogen) atoms. The summed E-state index contributed by atoms with van der Waals surface area (Å²) in [6, 6.07) is 17.6. The third-order valence-electron chi connectivity index (χ3n) is 5.45. The third kappa shape index (κ3) is 5.82. The van der Waals surface area contributed by atoms with Crippen LogP contribution in [0.4, 0.5) is 0 Å². The highest BCUT2D eigenvalue weighted by Gasteiger charge is 2.23. The number of hydrogen-bond donors (Lipinski definition) is 0. The Bertz CT molecular complexity index is 868. The zero-order chi connectivity index (χ0) is 21.3. The fourth-order valence-corrected chi connectivity index (χ4v) is 3.61. The number of hydrogen-bond acceptors (Lipinski definition) is 5. The third-order valence-corrected chi connectivity index (χ3v) is 5.45. The van der Waals surface area contributed by atoms with E-state index in [1.165, 1.54) is 0 Å². The lowest BCUT2D eigenvalue weighted by atomic mass is 10.1. The second-order valence-electron chi connectivity index (χ2n) is 7.42. The van der Waals surface area contributed by atoms with Crippen molar-refractivity contribution in [2.75, 3.05) is 39.8 Å². The molecule has 0 N–H and O–H groups in total. The van der Waals surface area contributed by atoms with Crippen molar-refractivity contribution in [3.63, 3.8) is 0 Å². The molecule has 2 aromatic rings. The summed E-state index contributed by atoms with van der Waals surface area (Å²) in [5.41, 5.74) is 2.73. The molecule has 0 bridgehead atoms. The normalized spacial score (nSPS) is 15.4. The molecule has 1 amide bonds. The van der Waals surface area contributed by atoms with Gasteiger partial charge in [-0.1, -0.05) is 31.2 Å². The van der Waals surface area contributed by atoms with Crippen LogP contribution >= 0.6 is 0 Å². The number of piperazine rings is 1. The molecular weight excluding hydrogens is 378 g/mol. The number of carbonyl (C=O) groups excluding carboxylic acids is 1. The van der Waals surface area contributed by atoms with Crippen LogP contribution in [0.25, 0.3) is 0 Å². The molecule has 1 unspecified atom stereocenters. The van der Waals surface area contributed by atoms with Crippen LogP contribution in [-0.2, 0) is 16.1 Å². The van der Waals surface area contributed by atoms with Crippen LogP contribution in [0.1, 0.15) is 36.1 Å². The van der Waals surface area contributed by atoms with Crippen molar-refractivity contribution in [2.24, 2.45) is 0 Å². The van der Waals surface area contributed by atoms with Gasteiger partial charge in [0.1, 0.15) is 5.75 Å². The van der Waals surface area contributed by atoms with Crippen LogP contribution in [0.15, 0.2) is 48.5 Å². The zero-order valence-electron chi connectivity index (χ0n) is 17.7. The molecule has 0 saturated carbocycles. The number of benzene rings is 2. The molecule has 1 aliphatic heterocycles. The first-order chi connectivity index (χ1) is 14.6. The summed E-state index contributed by atoms with van der Waals surface area (Å²) in [5, 5.41) is 8.97. The molecule has 0 spiro atoms. The average molecular weight is 408 g/mol. The maximum atomic E-state index is 11.9. The highest BCUT2D eigenvalue weighted by molar-refractivity contribution is 5.75. The number of nitrogens with zero attached hydrogens (tertiary/aromatic N) is 3. The van der Waals surface area contributed by atoms with Gasteiger partial charge in [0.25, 0.3) is 0 Å². The quantitative estimate of drug-likeness (QED) is 0.671. The van der Waals surface area contributed by atoms with E-state index in [0.29, 0.717) is 18.6 Å². The smallest absolute Gasteiger partial charge is 0.222 e. The number of methoxy groups -OCH3 is 1. The van der Waals surface area contributed by atoms with Crippen molar-refractivity contribution in [3.05, 3.63) is 65.2 Å². The van der Waals surface area contributed by atoms with Crippen LogP contribution in [0.3, 0.4) is 0 Å². The van der Waals surface area contributed by atoms with Gasteiger partial charge in [-0.05, 0) is 35.4 Å². The van der Waals surface area contributed by atoms with Crippen molar-refractivity contribution < 1.29 is 14.3 Å². The van der Waals surface area contributed by atoms with Crippen LogP contribution < -0.4 is 4.74 Å².